The van der Waals surface area contributed by atoms with Crippen LogP contribution < -0.4 is 10.2 Å². The normalized spacial score (nSPS) is 13.2. The maximum Gasteiger partial charge on any atom is 0.244 e. The molecule has 0 fully saturated rings. The van der Waals surface area contributed by atoms with Gasteiger partial charge in [-0.25, -0.2) is 4.98 Å². The van der Waals surface area contributed by atoms with Gasteiger partial charge in [0.2, 0.25) is 11.8 Å². The van der Waals surface area contributed by atoms with Gasteiger partial charge in [-0.05, 0) is 19.1 Å². The molecule has 136 valence electrons. The van der Waals surface area contributed by atoms with E-state index < -0.39 is 0 Å². The molecule has 0 bridgehead atoms. The van der Waals surface area contributed by atoms with E-state index in [0.29, 0.717) is 5.69 Å². The molecule has 0 unspecified atom stereocenters. The molecule has 1 aliphatic heterocycles. The van der Waals surface area contributed by atoms with Crippen molar-refractivity contribution in [1.82, 2.24) is 4.98 Å². The lowest BCUT2D eigenvalue weighted by molar-refractivity contribution is -0.120. The van der Waals surface area contributed by atoms with Gasteiger partial charge in [0.15, 0.2) is 4.34 Å². The first-order valence-corrected chi connectivity index (χ1v) is 10.3. The highest BCUT2D eigenvalue weighted by atomic mass is 32.2. The van der Waals surface area contributed by atoms with Gasteiger partial charge in [-0.2, -0.15) is 0 Å². The van der Waals surface area contributed by atoms with Crippen molar-refractivity contribution in [3.05, 3.63) is 59.5 Å². The fourth-order valence-electron chi connectivity index (χ4n) is 2.84. The molecule has 5 nitrogen and oxygen atoms in total. The van der Waals surface area contributed by atoms with E-state index in [1.165, 1.54) is 33.6 Å². The van der Waals surface area contributed by atoms with Gasteiger partial charge in [-0.1, -0.05) is 53.7 Å². The maximum absolute atomic E-state index is 12.7. The second-order valence-corrected chi connectivity index (χ2v) is 8.28. The van der Waals surface area contributed by atoms with E-state index in [1.54, 1.807) is 6.07 Å². The fraction of sp³-hybridized carbons (Fsp3) is 0.150. The van der Waals surface area contributed by atoms with Gasteiger partial charge < -0.3 is 10.2 Å². The number of fused-ring (bicyclic) bond motifs is 1. The molecule has 2 aromatic carbocycles. The number of thioether (sulfide) groups is 1. The molecule has 4 rings (SSSR count). The second-order valence-electron chi connectivity index (χ2n) is 6.20. The molecule has 0 spiro atoms. The molecule has 2 amide bonds. The fourth-order valence-corrected chi connectivity index (χ4v) is 4.55. The Bertz CT molecular complexity index is 998. The quantitative estimate of drug-likeness (QED) is 0.673. The number of hydrogen-bond donors (Lipinski definition) is 1. The molecule has 7 heteroatoms. The Morgan fingerprint density at radius 1 is 1.22 bits per heavy atom. The van der Waals surface area contributed by atoms with Gasteiger partial charge in [0, 0.05) is 10.9 Å². The van der Waals surface area contributed by atoms with Crippen molar-refractivity contribution in [2.75, 3.05) is 22.5 Å². The average molecular weight is 396 g/mol. The van der Waals surface area contributed by atoms with Crippen LogP contribution in [0.3, 0.4) is 0 Å². The monoisotopic (exact) mass is 395 g/mol. The molecule has 1 N–H and O–H groups in total. The smallest absolute Gasteiger partial charge is 0.244 e. The van der Waals surface area contributed by atoms with Crippen molar-refractivity contribution in [2.24, 2.45) is 0 Å². The number of carbonyl (C=O) groups is 2. The third kappa shape index (κ3) is 3.89. The van der Waals surface area contributed by atoms with Crippen LogP contribution in [0, 0.1) is 6.92 Å². The molecule has 3 aromatic rings. The lowest BCUT2D eigenvalue weighted by Gasteiger charge is -2.28. The number of hydrogen-bond acceptors (Lipinski definition) is 5. The predicted molar refractivity (Wildman–Crippen MR) is 110 cm³/mol. The van der Waals surface area contributed by atoms with Gasteiger partial charge in [0.25, 0.3) is 0 Å². The van der Waals surface area contributed by atoms with Crippen LogP contribution in [0.4, 0.5) is 11.4 Å². The summed E-state index contributed by atoms with van der Waals surface area (Å²) in [6.07, 6.45) is 0. The summed E-state index contributed by atoms with van der Waals surface area (Å²) in [6, 6.07) is 15.6. The summed E-state index contributed by atoms with van der Waals surface area (Å²) in [7, 11) is 0. The highest BCUT2D eigenvalue weighted by Crippen LogP contribution is 2.32. The summed E-state index contributed by atoms with van der Waals surface area (Å²) < 4.78 is 0.841. The number of anilines is 2. The molecule has 0 saturated carbocycles. The molecule has 1 aliphatic rings. The van der Waals surface area contributed by atoms with Crippen LogP contribution in [-0.4, -0.2) is 29.1 Å². The maximum atomic E-state index is 12.7. The topological polar surface area (TPSA) is 62.3 Å². The van der Waals surface area contributed by atoms with Crippen molar-refractivity contribution in [1.29, 1.82) is 0 Å². The first kappa shape index (κ1) is 17.8. The third-order valence-electron chi connectivity index (χ3n) is 4.22. The Kier molecular flexibility index (Phi) is 4.96. The number of aryl methyl sites for hydroxylation is 1. The Hall–Kier alpha value is -2.64. The lowest BCUT2D eigenvalue weighted by Crippen LogP contribution is -2.43. The summed E-state index contributed by atoms with van der Waals surface area (Å²) in [5, 5.41) is 4.80. The van der Waals surface area contributed by atoms with E-state index in [0.717, 1.165) is 21.3 Å². The highest BCUT2D eigenvalue weighted by Gasteiger charge is 2.26. The third-order valence-corrected chi connectivity index (χ3v) is 6.23. The predicted octanol–water partition coefficient (Wildman–Crippen LogP) is 4.20. The molecule has 2 heterocycles. The minimum atomic E-state index is -0.178. The summed E-state index contributed by atoms with van der Waals surface area (Å²) in [6.45, 7) is 2.10. The van der Waals surface area contributed by atoms with Crippen LogP contribution in [0.2, 0.25) is 0 Å². The van der Waals surface area contributed by atoms with E-state index in [-0.39, 0.29) is 24.1 Å². The van der Waals surface area contributed by atoms with Gasteiger partial charge in [0.05, 0.1) is 22.8 Å². The Morgan fingerprint density at radius 2 is 2.00 bits per heavy atom. The number of benzene rings is 2. The Morgan fingerprint density at radius 3 is 2.81 bits per heavy atom. The zero-order valence-electron chi connectivity index (χ0n) is 14.6. The van der Waals surface area contributed by atoms with Crippen molar-refractivity contribution < 1.29 is 9.59 Å². The van der Waals surface area contributed by atoms with Gasteiger partial charge in [-0.15, -0.1) is 11.3 Å². The van der Waals surface area contributed by atoms with Gasteiger partial charge >= 0.3 is 0 Å². The number of thiazole rings is 1. The van der Waals surface area contributed by atoms with Crippen LogP contribution in [0.1, 0.15) is 5.56 Å². The first-order chi connectivity index (χ1) is 13.1. The second kappa shape index (κ2) is 7.54. The Balaban J connectivity index is 1.44. The van der Waals surface area contributed by atoms with Crippen LogP contribution in [-0.2, 0) is 9.59 Å². The molecule has 1 aromatic heterocycles. The van der Waals surface area contributed by atoms with E-state index in [1.807, 2.05) is 35.7 Å². The van der Waals surface area contributed by atoms with Gasteiger partial charge in [-0.3, -0.25) is 9.59 Å². The molecular weight excluding hydrogens is 378 g/mol. The standard InChI is InChI=1S/C20H17N3O2S2/c1-13-6-8-14(9-7-13)16-11-26-20(22-16)27-12-19(25)23-10-18(24)21-15-4-2-3-5-17(15)23/h2-9,11H,10,12H2,1H3,(H,21,24). The number of rotatable bonds is 4. The van der Waals surface area contributed by atoms with Crippen molar-refractivity contribution in [2.45, 2.75) is 11.3 Å². The minimum absolute atomic E-state index is 0.0445. The van der Waals surface area contributed by atoms with Crippen molar-refractivity contribution >= 4 is 46.3 Å². The number of para-hydroxylation sites is 2. The zero-order chi connectivity index (χ0) is 18.8. The van der Waals surface area contributed by atoms with Gasteiger partial charge in [0.1, 0.15) is 6.54 Å². The molecule has 27 heavy (non-hydrogen) atoms. The summed E-state index contributed by atoms with van der Waals surface area (Å²) >= 11 is 2.93. The van der Waals surface area contributed by atoms with Crippen LogP contribution in [0.25, 0.3) is 11.3 Å². The summed E-state index contributed by atoms with van der Waals surface area (Å²) in [4.78, 5) is 30.7. The van der Waals surface area contributed by atoms with E-state index in [4.69, 9.17) is 0 Å². The molecule has 0 radical (unpaired) electrons. The molecule has 0 atom stereocenters. The van der Waals surface area contributed by atoms with Crippen LogP contribution >= 0.6 is 23.1 Å². The number of nitrogens with zero attached hydrogens (tertiary/aromatic N) is 2. The highest BCUT2D eigenvalue weighted by molar-refractivity contribution is 8.01. The Labute approximate surface area is 165 Å². The number of carbonyl (C=O) groups excluding carboxylic acids is 2. The summed E-state index contributed by atoms with van der Waals surface area (Å²) in [5.41, 5.74) is 4.60. The van der Waals surface area contributed by atoms with E-state index in [2.05, 4.69) is 29.4 Å². The first-order valence-electron chi connectivity index (χ1n) is 8.45. The molecule has 0 aliphatic carbocycles. The largest absolute Gasteiger partial charge is 0.323 e. The molecular formula is C20H17N3O2S2. The lowest BCUT2D eigenvalue weighted by atomic mass is 10.1. The van der Waals surface area contributed by atoms with Crippen LogP contribution in [0.5, 0.6) is 0 Å². The van der Waals surface area contributed by atoms with Crippen LogP contribution in [0.15, 0.2) is 58.3 Å². The SMILES string of the molecule is Cc1ccc(-c2csc(SCC(=O)N3CC(=O)Nc4ccccc43)n2)cc1. The zero-order valence-corrected chi connectivity index (χ0v) is 16.3. The van der Waals surface area contributed by atoms with Crippen molar-refractivity contribution in [3.63, 3.8) is 0 Å². The van der Waals surface area contributed by atoms with E-state index >= 15 is 0 Å². The number of aromatic nitrogens is 1. The number of amides is 2. The summed E-state index contributed by atoms with van der Waals surface area (Å²) in [5.74, 6) is -0.0417. The van der Waals surface area contributed by atoms with E-state index in [9.17, 15) is 9.59 Å². The van der Waals surface area contributed by atoms with Crippen molar-refractivity contribution in [3.8, 4) is 11.3 Å². The average Bonchev–Trinajstić information content (AvgIpc) is 3.15. The minimum Gasteiger partial charge on any atom is -0.323 e. The molecule has 0 saturated heterocycles. The number of nitrogens with one attached hydrogen (secondary N) is 1.